The van der Waals surface area contributed by atoms with Gasteiger partial charge >= 0.3 is 0 Å². The monoisotopic (exact) mass is 329 g/mol. The van der Waals surface area contributed by atoms with Crippen molar-refractivity contribution in [3.8, 4) is 0 Å². The van der Waals surface area contributed by atoms with Gasteiger partial charge < -0.3 is 10.6 Å². The minimum absolute atomic E-state index is 0.00672. The van der Waals surface area contributed by atoms with Crippen molar-refractivity contribution < 1.29 is 18.0 Å². The first kappa shape index (κ1) is 15.7. The molecule has 3 rings (SSSR count). The summed E-state index contributed by atoms with van der Waals surface area (Å²) < 4.78 is 26.1. The second-order valence-corrected chi connectivity index (χ2v) is 8.56. The molecule has 0 aromatic carbocycles. The van der Waals surface area contributed by atoms with Crippen molar-refractivity contribution in [1.29, 1.82) is 0 Å². The van der Waals surface area contributed by atoms with Crippen LogP contribution in [0.3, 0.4) is 0 Å². The third-order valence-corrected chi connectivity index (χ3v) is 6.74. The van der Waals surface area contributed by atoms with Crippen LogP contribution in [0.4, 0.5) is 0 Å². The molecule has 0 bridgehead atoms. The second-order valence-electron chi connectivity index (χ2n) is 6.59. The molecule has 0 unspecified atom stereocenters. The van der Waals surface area contributed by atoms with Crippen molar-refractivity contribution in [2.45, 2.75) is 62.3 Å². The number of hydrogen-bond donors (Lipinski definition) is 3. The van der Waals surface area contributed by atoms with Crippen molar-refractivity contribution in [2.24, 2.45) is 5.92 Å². The van der Waals surface area contributed by atoms with E-state index >= 15 is 0 Å². The van der Waals surface area contributed by atoms with Gasteiger partial charge in [-0.1, -0.05) is 13.3 Å². The van der Waals surface area contributed by atoms with E-state index in [1.165, 1.54) is 0 Å². The molecule has 1 heterocycles. The van der Waals surface area contributed by atoms with Gasteiger partial charge in [0, 0.05) is 0 Å². The zero-order valence-corrected chi connectivity index (χ0v) is 13.5. The Labute approximate surface area is 130 Å². The highest BCUT2D eigenvalue weighted by Crippen LogP contribution is 2.46. The van der Waals surface area contributed by atoms with E-state index in [-0.39, 0.29) is 17.9 Å². The number of carbonyl (C=O) groups excluding carboxylic acids is 2. The maximum Gasteiger partial charge on any atom is 0.259 e. The van der Waals surface area contributed by atoms with E-state index in [0.717, 1.165) is 25.8 Å². The van der Waals surface area contributed by atoms with E-state index in [9.17, 15) is 18.0 Å². The average Bonchev–Trinajstić information content (AvgIpc) is 3.36. The topological polar surface area (TPSA) is 104 Å². The summed E-state index contributed by atoms with van der Waals surface area (Å²) in [6.45, 7) is 2.74. The van der Waals surface area contributed by atoms with Crippen LogP contribution in [0.15, 0.2) is 0 Å². The molecule has 3 N–H and O–H groups in total. The summed E-state index contributed by atoms with van der Waals surface area (Å²) in [6, 6.07) is -0.275. The zero-order valence-electron chi connectivity index (χ0n) is 12.7. The molecule has 2 aliphatic carbocycles. The van der Waals surface area contributed by atoms with E-state index in [4.69, 9.17) is 0 Å². The van der Waals surface area contributed by atoms with Gasteiger partial charge in [-0.05, 0) is 44.6 Å². The number of hydrogen-bond acceptors (Lipinski definition) is 5. The largest absolute Gasteiger partial charge is 0.340 e. The van der Waals surface area contributed by atoms with Gasteiger partial charge in [0.15, 0.2) is 0 Å². The lowest BCUT2D eigenvalue weighted by molar-refractivity contribution is -0.130. The van der Waals surface area contributed by atoms with Crippen molar-refractivity contribution in [2.75, 3.05) is 6.54 Å². The summed E-state index contributed by atoms with van der Waals surface area (Å²) in [5.74, 6) is -0.766. The van der Waals surface area contributed by atoms with Crippen LogP contribution in [0.1, 0.15) is 45.4 Å². The fourth-order valence-electron chi connectivity index (χ4n) is 3.21. The van der Waals surface area contributed by atoms with E-state index < -0.39 is 26.7 Å². The molecule has 7 nitrogen and oxygen atoms in total. The van der Waals surface area contributed by atoms with E-state index in [2.05, 4.69) is 15.4 Å². The summed E-state index contributed by atoms with van der Waals surface area (Å²) in [5.41, 5.74) is -1.04. The van der Waals surface area contributed by atoms with Crippen molar-refractivity contribution >= 4 is 21.8 Å². The predicted octanol–water partition coefficient (Wildman–Crippen LogP) is -0.368. The van der Waals surface area contributed by atoms with Gasteiger partial charge in [0.1, 0.15) is 5.54 Å². The molecule has 1 saturated heterocycles. The molecule has 3 atom stereocenters. The highest BCUT2D eigenvalue weighted by molar-refractivity contribution is 7.90. The van der Waals surface area contributed by atoms with Crippen molar-refractivity contribution in [3.05, 3.63) is 0 Å². The van der Waals surface area contributed by atoms with E-state index in [1.807, 2.05) is 6.92 Å². The summed E-state index contributed by atoms with van der Waals surface area (Å²) in [7, 11) is -3.58. The van der Waals surface area contributed by atoms with Crippen molar-refractivity contribution in [1.82, 2.24) is 15.4 Å². The fourth-order valence-corrected chi connectivity index (χ4v) is 4.57. The minimum Gasteiger partial charge on any atom is -0.340 e. The van der Waals surface area contributed by atoms with Gasteiger partial charge in [-0.25, -0.2) is 8.42 Å². The van der Waals surface area contributed by atoms with Gasteiger partial charge in [0.2, 0.25) is 15.9 Å². The standard InChI is InChI=1S/C14H23N3O4S/c1-2-9-8-14(9,16-12(18)11-4-3-7-15-11)13(19)17-22(20,21)10-5-6-10/h9-11,15H,2-8H2,1H3,(H,16,18)(H,17,19)/t9-,11-,14+/m0/s1. The van der Waals surface area contributed by atoms with E-state index in [0.29, 0.717) is 19.3 Å². The molecule has 0 radical (unpaired) electrons. The van der Waals surface area contributed by atoms with Crippen LogP contribution in [0.5, 0.6) is 0 Å². The molecule has 0 aromatic heterocycles. The van der Waals surface area contributed by atoms with Crippen molar-refractivity contribution in [3.63, 3.8) is 0 Å². The SMILES string of the molecule is CC[C@H]1C[C@]1(NC(=O)[C@@H]1CCCN1)C(=O)NS(=O)(=O)C1CC1. The molecule has 3 aliphatic rings. The first-order valence-corrected chi connectivity index (χ1v) is 9.55. The number of nitrogens with one attached hydrogen (secondary N) is 3. The van der Waals surface area contributed by atoms with Crippen LogP contribution in [-0.2, 0) is 19.6 Å². The smallest absolute Gasteiger partial charge is 0.259 e. The minimum atomic E-state index is -3.58. The quantitative estimate of drug-likeness (QED) is 0.617. The normalized spacial score (nSPS) is 34.2. The Morgan fingerprint density at radius 3 is 2.50 bits per heavy atom. The van der Waals surface area contributed by atoms with Crippen LogP contribution >= 0.6 is 0 Å². The molecule has 22 heavy (non-hydrogen) atoms. The molecule has 0 spiro atoms. The Bertz CT molecular complexity index is 581. The predicted molar refractivity (Wildman–Crippen MR) is 80.4 cm³/mol. The number of amides is 2. The molecule has 124 valence electrons. The molecular formula is C14H23N3O4S. The van der Waals surface area contributed by atoms with Crippen LogP contribution in [0, 0.1) is 5.92 Å². The summed E-state index contributed by atoms with van der Waals surface area (Å²) in [5, 5.41) is 5.46. The van der Waals surface area contributed by atoms with Gasteiger partial charge in [0.05, 0.1) is 11.3 Å². The summed E-state index contributed by atoms with van der Waals surface area (Å²) >= 11 is 0. The maximum absolute atomic E-state index is 12.5. The highest BCUT2D eigenvalue weighted by Gasteiger charge is 2.61. The zero-order chi connectivity index (χ0) is 16.0. The Morgan fingerprint density at radius 1 is 1.27 bits per heavy atom. The van der Waals surface area contributed by atoms with Gasteiger partial charge in [-0.2, -0.15) is 0 Å². The van der Waals surface area contributed by atoms with Crippen LogP contribution in [0.25, 0.3) is 0 Å². The lowest BCUT2D eigenvalue weighted by atomic mass is 10.1. The first-order chi connectivity index (χ1) is 10.4. The molecular weight excluding hydrogens is 306 g/mol. The van der Waals surface area contributed by atoms with Crippen LogP contribution in [0.2, 0.25) is 0 Å². The first-order valence-electron chi connectivity index (χ1n) is 8.00. The van der Waals surface area contributed by atoms with E-state index in [1.54, 1.807) is 0 Å². The maximum atomic E-state index is 12.5. The molecule has 2 amide bonds. The summed E-state index contributed by atoms with van der Waals surface area (Å²) in [6.07, 6.45) is 4.13. The van der Waals surface area contributed by atoms with Gasteiger partial charge in [0.25, 0.3) is 5.91 Å². The Morgan fingerprint density at radius 2 is 2.00 bits per heavy atom. The number of rotatable bonds is 6. The van der Waals surface area contributed by atoms with Crippen LogP contribution < -0.4 is 15.4 Å². The Kier molecular flexibility index (Phi) is 3.92. The lowest BCUT2D eigenvalue weighted by Gasteiger charge is -2.21. The number of sulfonamides is 1. The molecule has 8 heteroatoms. The molecule has 1 aliphatic heterocycles. The van der Waals surface area contributed by atoms with Gasteiger partial charge in [-0.15, -0.1) is 0 Å². The van der Waals surface area contributed by atoms with Crippen LogP contribution in [-0.4, -0.2) is 43.6 Å². The highest BCUT2D eigenvalue weighted by atomic mass is 32.2. The lowest BCUT2D eigenvalue weighted by Crippen LogP contribution is -2.55. The van der Waals surface area contributed by atoms with Gasteiger partial charge in [-0.3, -0.25) is 14.3 Å². The number of carbonyl (C=O) groups is 2. The second kappa shape index (κ2) is 5.49. The molecule has 2 saturated carbocycles. The summed E-state index contributed by atoms with van der Waals surface area (Å²) in [4.78, 5) is 24.7. The molecule has 0 aromatic rings. The Balaban J connectivity index is 1.68. The third kappa shape index (κ3) is 2.86. The third-order valence-electron chi connectivity index (χ3n) is 4.92. The average molecular weight is 329 g/mol. The Hall–Kier alpha value is -1.15. The fraction of sp³-hybridized carbons (Fsp3) is 0.857. The molecule has 3 fully saturated rings.